The van der Waals surface area contributed by atoms with Crippen LogP contribution in [-0.2, 0) is 0 Å². The third kappa shape index (κ3) is 4.57. The summed E-state index contributed by atoms with van der Waals surface area (Å²) < 4.78 is 4.87. The van der Waals surface area contributed by atoms with E-state index in [9.17, 15) is 0 Å². The molecule has 0 atom stereocenters. The maximum absolute atomic E-state index is 2.44. The average Bonchev–Trinajstić information content (AvgIpc) is 3.71. The van der Waals surface area contributed by atoms with E-state index in [0.29, 0.717) is 0 Å². The first-order chi connectivity index (χ1) is 24.8. The van der Waals surface area contributed by atoms with Gasteiger partial charge in [-0.15, -0.1) is 0 Å². The summed E-state index contributed by atoms with van der Waals surface area (Å²) in [6, 6.07) is 70.6. The molecular weight excluding hydrogens is 605 g/mol. The molecule has 0 saturated carbocycles. The van der Waals surface area contributed by atoms with Crippen molar-refractivity contribution in [1.29, 1.82) is 0 Å². The fraction of sp³-hybridized carbons (Fsp3) is 0. The van der Waals surface area contributed by atoms with Crippen LogP contribution in [0.15, 0.2) is 194 Å². The van der Waals surface area contributed by atoms with Gasteiger partial charge < -0.3 is 9.13 Å². The molecule has 50 heavy (non-hydrogen) atoms. The smallest absolute Gasteiger partial charge is 0.0541 e. The summed E-state index contributed by atoms with van der Waals surface area (Å²) in [7, 11) is 0. The van der Waals surface area contributed by atoms with Crippen molar-refractivity contribution in [1.82, 2.24) is 9.13 Å². The van der Waals surface area contributed by atoms with E-state index in [1.54, 1.807) is 0 Å². The molecule has 0 bridgehead atoms. The topological polar surface area (TPSA) is 9.86 Å². The quantitative estimate of drug-likeness (QED) is 0.178. The molecule has 8 aromatic carbocycles. The summed E-state index contributed by atoms with van der Waals surface area (Å²) in [5.41, 5.74) is 14.2. The standard InChI is InChI=1S/C48H32N2.H2/c1-3-15-33(16-4-1)35-27-36(34-17-5-2-6-18-34)29-37(28-35)38-30-39(49-45-23-11-7-19-41(45)42-20-8-12-24-46(42)49)32-40(31-38)50-47-25-13-9-21-43(47)44-22-10-14-26-48(44)50;/h1-32H;1H. The van der Waals surface area contributed by atoms with E-state index in [0.717, 1.165) is 16.9 Å². The van der Waals surface area contributed by atoms with Gasteiger partial charge in [0.2, 0.25) is 0 Å². The summed E-state index contributed by atoms with van der Waals surface area (Å²) in [6.07, 6.45) is 0. The molecule has 0 aliphatic heterocycles. The minimum atomic E-state index is 0. The highest BCUT2D eigenvalue weighted by molar-refractivity contribution is 6.10. The number of hydrogen-bond acceptors (Lipinski definition) is 0. The van der Waals surface area contributed by atoms with Gasteiger partial charge in [0.05, 0.1) is 22.1 Å². The van der Waals surface area contributed by atoms with Gasteiger partial charge in [0.1, 0.15) is 0 Å². The molecule has 0 N–H and O–H groups in total. The fourth-order valence-electron chi connectivity index (χ4n) is 7.81. The zero-order chi connectivity index (χ0) is 33.0. The molecule has 10 aromatic rings. The molecule has 2 nitrogen and oxygen atoms in total. The SMILES string of the molecule is [HH].c1ccc(-c2cc(-c3ccccc3)cc(-c3cc(-n4c5ccccc5c5ccccc54)cc(-n4c5ccccc5c5ccccc54)c3)c2)cc1. The van der Waals surface area contributed by atoms with Crippen LogP contribution in [-0.4, -0.2) is 9.13 Å². The van der Waals surface area contributed by atoms with Crippen molar-refractivity contribution in [2.45, 2.75) is 0 Å². The Bertz CT molecular complexity index is 2570. The van der Waals surface area contributed by atoms with Gasteiger partial charge in [0.25, 0.3) is 0 Å². The van der Waals surface area contributed by atoms with Crippen LogP contribution in [0.3, 0.4) is 0 Å². The van der Waals surface area contributed by atoms with Crippen molar-refractivity contribution in [2.75, 3.05) is 0 Å². The van der Waals surface area contributed by atoms with Crippen molar-refractivity contribution in [3.05, 3.63) is 194 Å². The normalized spacial score (nSPS) is 11.6. The Morgan fingerprint density at radius 3 is 0.880 bits per heavy atom. The Morgan fingerprint density at radius 1 is 0.240 bits per heavy atom. The molecule has 0 amide bonds. The third-order valence-electron chi connectivity index (χ3n) is 10.1. The predicted octanol–water partition coefficient (Wildman–Crippen LogP) is 13.1. The van der Waals surface area contributed by atoms with E-state index in [-0.39, 0.29) is 1.43 Å². The Labute approximate surface area is 292 Å². The van der Waals surface area contributed by atoms with Gasteiger partial charge in [-0.2, -0.15) is 0 Å². The zero-order valence-corrected chi connectivity index (χ0v) is 27.4. The second kappa shape index (κ2) is 11.5. The first-order valence-corrected chi connectivity index (χ1v) is 17.2. The summed E-state index contributed by atoms with van der Waals surface area (Å²) >= 11 is 0. The van der Waals surface area contributed by atoms with E-state index in [1.165, 1.54) is 71.4 Å². The Kier molecular flexibility index (Phi) is 6.53. The van der Waals surface area contributed by atoms with E-state index >= 15 is 0 Å². The van der Waals surface area contributed by atoms with E-state index in [2.05, 4.69) is 203 Å². The summed E-state index contributed by atoms with van der Waals surface area (Å²) in [6.45, 7) is 0. The number of hydrogen-bond donors (Lipinski definition) is 0. The van der Waals surface area contributed by atoms with Crippen molar-refractivity contribution >= 4 is 43.6 Å². The fourth-order valence-corrected chi connectivity index (χ4v) is 7.81. The van der Waals surface area contributed by atoms with Gasteiger partial charge in [0.15, 0.2) is 0 Å². The molecule has 0 radical (unpaired) electrons. The van der Waals surface area contributed by atoms with Gasteiger partial charge in [-0.25, -0.2) is 0 Å². The maximum atomic E-state index is 2.44. The first-order valence-electron chi connectivity index (χ1n) is 17.2. The van der Waals surface area contributed by atoms with Gasteiger partial charge in [-0.1, -0.05) is 133 Å². The Hall–Kier alpha value is -6.64. The van der Waals surface area contributed by atoms with Crippen LogP contribution in [0.1, 0.15) is 1.43 Å². The molecule has 2 heteroatoms. The second-order valence-electron chi connectivity index (χ2n) is 13.0. The van der Waals surface area contributed by atoms with E-state index < -0.39 is 0 Å². The third-order valence-corrected chi connectivity index (χ3v) is 10.1. The van der Waals surface area contributed by atoms with Gasteiger partial charge in [-0.3, -0.25) is 0 Å². The minimum Gasteiger partial charge on any atom is -0.309 e. The van der Waals surface area contributed by atoms with Crippen LogP contribution in [0.25, 0.3) is 88.4 Å². The highest BCUT2D eigenvalue weighted by Crippen LogP contribution is 2.39. The molecular formula is C48H34N2. The van der Waals surface area contributed by atoms with Gasteiger partial charge in [0, 0.05) is 34.3 Å². The molecule has 236 valence electrons. The number of aromatic nitrogens is 2. The van der Waals surface area contributed by atoms with Crippen molar-refractivity contribution in [3.63, 3.8) is 0 Å². The molecule has 10 rings (SSSR count). The van der Waals surface area contributed by atoms with Crippen LogP contribution in [0.5, 0.6) is 0 Å². The number of fused-ring (bicyclic) bond motifs is 6. The van der Waals surface area contributed by atoms with Crippen LogP contribution in [0.2, 0.25) is 0 Å². The minimum absolute atomic E-state index is 0. The lowest BCUT2D eigenvalue weighted by atomic mass is 9.93. The number of para-hydroxylation sites is 4. The first kappa shape index (κ1) is 28.4. The number of nitrogens with zero attached hydrogens (tertiary/aromatic N) is 2. The number of rotatable bonds is 5. The van der Waals surface area contributed by atoms with Crippen molar-refractivity contribution in [2.24, 2.45) is 0 Å². The summed E-state index contributed by atoms with van der Waals surface area (Å²) in [5.74, 6) is 0. The average molecular weight is 639 g/mol. The van der Waals surface area contributed by atoms with Crippen LogP contribution in [0, 0.1) is 0 Å². The van der Waals surface area contributed by atoms with Crippen molar-refractivity contribution in [3.8, 4) is 44.8 Å². The van der Waals surface area contributed by atoms with Crippen LogP contribution >= 0.6 is 0 Å². The zero-order valence-electron chi connectivity index (χ0n) is 27.4. The Morgan fingerprint density at radius 2 is 0.520 bits per heavy atom. The molecule has 0 aliphatic rings. The second-order valence-corrected chi connectivity index (χ2v) is 13.0. The summed E-state index contributed by atoms with van der Waals surface area (Å²) in [5, 5.41) is 5.02. The molecule has 2 aromatic heterocycles. The maximum Gasteiger partial charge on any atom is 0.0541 e. The molecule has 0 unspecified atom stereocenters. The summed E-state index contributed by atoms with van der Waals surface area (Å²) in [4.78, 5) is 0. The molecule has 0 aliphatic carbocycles. The molecule has 0 saturated heterocycles. The monoisotopic (exact) mass is 638 g/mol. The number of benzene rings is 8. The lowest BCUT2D eigenvalue weighted by Crippen LogP contribution is -2.00. The highest BCUT2D eigenvalue weighted by atomic mass is 15.0. The molecule has 0 fully saturated rings. The molecule has 0 spiro atoms. The van der Waals surface area contributed by atoms with Crippen LogP contribution in [0.4, 0.5) is 0 Å². The van der Waals surface area contributed by atoms with E-state index in [4.69, 9.17) is 0 Å². The van der Waals surface area contributed by atoms with E-state index in [1.807, 2.05) is 0 Å². The van der Waals surface area contributed by atoms with Gasteiger partial charge in [-0.05, 0) is 94.0 Å². The van der Waals surface area contributed by atoms with Gasteiger partial charge >= 0.3 is 0 Å². The molecule has 2 heterocycles. The van der Waals surface area contributed by atoms with Crippen LogP contribution < -0.4 is 0 Å². The lowest BCUT2D eigenvalue weighted by molar-refractivity contribution is 1.13. The highest BCUT2D eigenvalue weighted by Gasteiger charge is 2.18. The lowest BCUT2D eigenvalue weighted by Gasteiger charge is -2.17. The van der Waals surface area contributed by atoms with Crippen molar-refractivity contribution < 1.29 is 1.43 Å². The Balaban J connectivity index is 0.00000348. The largest absolute Gasteiger partial charge is 0.309 e. The predicted molar refractivity (Wildman–Crippen MR) is 214 cm³/mol.